The van der Waals surface area contributed by atoms with Gasteiger partial charge in [0.1, 0.15) is 0 Å². The molecule has 0 bridgehead atoms. The maximum absolute atomic E-state index is 13.5. The molecule has 2 aromatic carbocycles. The summed E-state index contributed by atoms with van der Waals surface area (Å²) in [6, 6.07) is 18.1. The third-order valence-electron chi connectivity index (χ3n) is 6.55. The second kappa shape index (κ2) is 9.16. The Bertz CT molecular complexity index is 1300. The minimum atomic E-state index is 0.127. The summed E-state index contributed by atoms with van der Waals surface area (Å²) in [5, 5.41) is 2.45. The quantitative estimate of drug-likeness (QED) is 0.562. The second-order valence-corrected chi connectivity index (χ2v) is 10.1. The van der Waals surface area contributed by atoms with Crippen LogP contribution in [-0.2, 0) is 0 Å². The number of aromatic nitrogens is 1. The van der Waals surface area contributed by atoms with Gasteiger partial charge in [-0.3, -0.25) is 4.79 Å². The molecule has 3 heterocycles. The van der Waals surface area contributed by atoms with Crippen LogP contribution in [0, 0.1) is 11.8 Å². The van der Waals surface area contributed by atoms with Crippen LogP contribution in [0.3, 0.4) is 0 Å². The first-order chi connectivity index (χ1) is 16.0. The van der Waals surface area contributed by atoms with Gasteiger partial charge in [-0.1, -0.05) is 84.1 Å². The molecule has 33 heavy (non-hydrogen) atoms. The van der Waals surface area contributed by atoms with Crippen molar-refractivity contribution >= 4 is 46.6 Å². The molecule has 0 aliphatic carbocycles. The molecule has 6 heteroatoms. The number of fused-ring (bicyclic) bond motifs is 1. The summed E-state index contributed by atoms with van der Waals surface area (Å²) in [7, 11) is 0. The van der Waals surface area contributed by atoms with Crippen LogP contribution in [-0.4, -0.2) is 42.0 Å². The smallest absolute Gasteiger partial charge is 0.254 e. The fourth-order valence-corrected chi connectivity index (χ4v) is 5.99. The largest absolute Gasteiger partial charge is 0.347 e. The van der Waals surface area contributed by atoms with Crippen molar-refractivity contribution in [2.24, 2.45) is 11.8 Å². The number of amides is 1. The summed E-state index contributed by atoms with van der Waals surface area (Å²) in [6.45, 7) is 9.39. The SMILES string of the molecule is C=c1nc(N2CC3CN(C(=O)c4ccccc4-c4ccccc4)CC3C2)s/c1=C/C(Cl)=C\C. The number of anilines is 1. The summed E-state index contributed by atoms with van der Waals surface area (Å²) in [5.41, 5.74) is 2.85. The van der Waals surface area contributed by atoms with Crippen molar-refractivity contribution in [3.05, 3.63) is 81.2 Å². The molecule has 2 atom stereocenters. The van der Waals surface area contributed by atoms with E-state index < -0.39 is 0 Å². The summed E-state index contributed by atoms with van der Waals surface area (Å²) < 4.78 is 1.000. The molecule has 4 nitrogen and oxygen atoms in total. The van der Waals surface area contributed by atoms with Gasteiger partial charge in [-0.25, -0.2) is 4.98 Å². The Hall–Kier alpha value is -2.89. The van der Waals surface area contributed by atoms with E-state index in [1.54, 1.807) is 11.3 Å². The van der Waals surface area contributed by atoms with Gasteiger partial charge >= 0.3 is 0 Å². The molecule has 2 aliphatic rings. The van der Waals surface area contributed by atoms with Crippen LogP contribution in [0.2, 0.25) is 0 Å². The zero-order chi connectivity index (χ0) is 22.9. The van der Waals surface area contributed by atoms with Crippen LogP contribution in [0.25, 0.3) is 23.8 Å². The number of hydrogen-bond donors (Lipinski definition) is 0. The topological polar surface area (TPSA) is 36.4 Å². The highest BCUT2D eigenvalue weighted by Gasteiger charge is 2.42. The van der Waals surface area contributed by atoms with E-state index in [9.17, 15) is 4.79 Å². The minimum Gasteiger partial charge on any atom is -0.347 e. The second-order valence-electron chi connectivity index (χ2n) is 8.67. The van der Waals surface area contributed by atoms with Gasteiger partial charge in [-0.05, 0) is 30.2 Å². The molecule has 168 valence electrons. The van der Waals surface area contributed by atoms with E-state index in [2.05, 4.69) is 28.6 Å². The number of benzene rings is 2. The van der Waals surface area contributed by atoms with Crippen molar-refractivity contribution in [3.63, 3.8) is 0 Å². The van der Waals surface area contributed by atoms with Gasteiger partial charge in [0.25, 0.3) is 5.91 Å². The van der Waals surface area contributed by atoms with Crippen molar-refractivity contribution in [3.8, 4) is 11.1 Å². The maximum Gasteiger partial charge on any atom is 0.254 e. The molecule has 5 rings (SSSR count). The molecule has 2 fully saturated rings. The Morgan fingerprint density at radius 2 is 1.73 bits per heavy atom. The summed E-state index contributed by atoms with van der Waals surface area (Å²) >= 11 is 7.80. The average molecular weight is 476 g/mol. The van der Waals surface area contributed by atoms with Crippen LogP contribution < -0.4 is 14.8 Å². The zero-order valence-corrected chi connectivity index (χ0v) is 20.1. The number of hydrogen-bond acceptors (Lipinski definition) is 4. The first-order valence-corrected chi connectivity index (χ1v) is 12.4. The van der Waals surface area contributed by atoms with Crippen LogP contribution in [0.15, 0.2) is 65.7 Å². The van der Waals surface area contributed by atoms with Crippen LogP contribution in [0.4, 0.5) is 5.13 Å². The Morgan fingerprint density at radius 3 is 2.42 bits per heavy atom. The van der Waals surface area contributed by atoms with E-state index in [4.69, 9.17) is 11.6 Å². The summed E-state index contributed by atoms with van der Waals surface area (Å²) in [6.07, 6.45) is 3.79. The zero-order valence-electron chi connectivity index (χ0n) is 18.6. The van der Waals surface area contributed by atoms with E-state index in [1.807, 2.05) is 66.4 Å². The lowest BCUT2D eigenvalue weighted by molar-refractivity contribution is 0.0783. The number of halogens is 1. The molecule has 0 N–H and O–H groups in total. The van der Waals surface area contributed by atoms with E-state index in [0.717, 1.165) is 57.9 Å². The first kappa shape index (κ1) is 21.9. The molecule has 1 amide bonds. The van der Waals surface area contributed by atoms with E-state index in [0.29, 0.717) is 16.9 Å². The number of carbonyl (C=O) groups is 1. The van der Waals surface area contributed by atoms with Crippen LogP contribution in [0.5, 0.6) is 0 Å². The van der Waals surface area contributed by atoms with Gasteiger partial charge in [0, 0.05) is 48.6 Å². The summed E-state index contributed by atoms with van der Waals surface area (Å²) in [4.78, 5) is 22.5. The lowest BCUT2D eigenvalue weighted by atomic mass is 9.99. The molecule has 0 saturated carbocycles. The number of carbonyl (C=O) groups excluding carboxylic acids is 1. The molecular weight excluding hydrogens is 450 g/mol. The predicted molar refractivity (Wildman–Crippen MR) is 138 cm³/mol. The standard InChI is InChI=1S/C27H26ClN3OS/c1-3-22(28)13-25-18(2)29-27(33-25)31-16-20-14-30(15-21(20)17-31)26(32)24-12-8-7-11-23(24)19-9-5-4-6-10-19/h3-13,20-21H,2,14-17H2,1H3/b22-3+,25-13+. The number of nitrogens with zero attached hydrogens (tertiary/aromatic N) is 3. The highest BCUT2D eigenvalue weighted by atomic mass is 35.5. The molecule has 2 aliphatic heterocycles. The van der Waals surface area contributed by atoms with Crippen molar-refractivity contribution in [2.75, 3.05) is 31.1 Å². The van der Waals surface area contributed by atoms with Gasteiger partial charge in [-0.15, -0.1) is 0 Å². The normalized spacial score (nSPS) is 21.0. The Balaban J connectivity index is 1.31. The van der Waals surface area contributed by atoms with Gasteiger partial charge in [0.2, 0.25) is 0 Å². The van der Waals surface area contributed by atoms with Gasteiger partial charge in [0.05, 0.1) is 9.88 Å². The van der Waals surface area contributed by atoms with E-state index >= 15 is 0 Å². The van der Waals surface area contributed by atoms with Crippen molar-refractivity contribution in [1.82, 2.24) is 9.88 Å². The van der Waals surface area contributed by atoms with Crippen molar-refractivity contribution in [2.45, 2.75) is 6.92 Å². The molecule has 2 saturated heterocycles. The third-order valence-corrected chi connectivity index (χ3v) is 7.98. The average Bonchev–Trinajstić information content (AvgIpc) is 3.52. The molecule has 3 aromatic rings. The molecular formula is C27H26ClN3OS. The van der Waals surface area contributed by atoms with E-state index in [-0.39, 0.29) is 5.91 Å². The molecule has 0 radical (unpaired) electrons. The molecule has 0 spiro atoms. The van der Waals surface area contributed by atoms with Crippen molar-refractivity contribution in [1.29, 1.82) is 0 Å². The third kappa shape index (κ3) is 4.35. The van der Waals surface area contributed by atoms with Crippen LogP contribution in [0.1, 0.15) is 17.3 Å². The minimum absolute atomic E-state index is 0.127. The number of likely N-dealkylation sites (tertiary alicyclic amines) is 1. The van der Waals surface area contributed by atoms with Crippen molar-refractivity contribution < 1.29 is 4.79 Å². The number of allylic oxidation sites excluding steroid dienone is 2. The highest BCUT2D eigenvalue weighted by Crippen LogP contribution is 2.35. The monoisotopic (exact) mass is 475 g/mol. The predicted octanol–water partition coefficient (Wildman–Crippen LogP) is 4.35. The summed E-state index contributed by atoms with van der Waals surface area (Å²) in [5.74, 6) is 1.05. The first-order valence-electron chi connectivity index (χ1n) is 11.2. The number of rotatable bonds is 4. The van der Waals surface area contributed by atoms with Crippen LogP contribution >= 0.6 is 22.9 Å². The lowest BCUT2D eigenvalue weighted by Gasteiger charge is -2.22. The highest BCUT2D eigenvalue weighted by molar-refractivity contribution is 7.13. The fourth-order valence-electron chi connectivity index (χ4n) is 4.83. The number of thiazole rings is 1. The Kier molecular flexibility index (Phi) is 6.09. The Morgan fingerprint density at radius 1 is 1.06 bits per heavy atom. The molecule has 1 aromatic heterocycles. The van der Waals surface area contributed by atoms with Gasteiger partial charge < -0.3 is 9.80 Å². The van der Waals surface area contributed by atoms with Gasteiger partial charge in [0.15, 0.2) is 5.13 Å². The Labute approximate surface area is 203 Å². The lowest BCUT2D eigenvalue weighted by Crippen LogP contribution is -2.33. The van der Waals surface area contributed by atoms with E-state index in [1.165, 1.54) is 0 Å². The fraction of sp³-hybridized carbons (Fsp3) is 0.259. The van der Waals surface area contributed by atoms with Gasteiger partial charge in [-0.2, -0.15) is 0 Å². The maximum atomic E-state index is 13.5. The molecule has 2 unspecified atom stereocenters.